The molecule has 98 valence electrons. The van der Waals surface area contributed by atoms with Gasteiger partial charge in [-0.3, -0.25) is 0 Å². The molecule has 2 rings (SSSR count). The van der Waals surface area contributed by atoms with Gasteiger partial charge in [-0.1, -0.05) is 38.0 Å². The molecule has 1 saturated carbocycles. The molecule has 0 saturated heterocycles. The van der Waals surface area contributed by atoms with Gasteiger partial charge in [0.15, 0.2) is 0 Å². The van der Waals surface area contributed by atoms with E-state index in [1.807, 2.05) is 11.5 Å². The van der Waals surface area contributed by atoms with Gasteiger partial charge in [0.05, 0.1) is 12.2 Å². The highest BCUT2D eigenvalue weighted by Gasteiger charge is 2.21. The van der Waals surface area contributed by atoms with Crippen molar-refractivity contribution in [2.75, 3.05) is 5.73 Å². The molecule has 1 heterocycles. The van der Waals surface area contributed by atoms with E-state index in [0.29, 0.717) is 12.5 Å². The Morgan fingerprint density at radius 2 is 1.89 bits per heavy atom. The molecule has 0 unspecified atom stereocenters. The van der Waals surface area contributed by atoms with Crippen LogP contribution in [0.2, 0.25) is 0 Å². The second kappa shape index (κ2) is 5.95. The summed E-state index contributed by atoms with van der Waals surface area (Å²) >= 11 is 0. The van der Waals surface area contributed by atoms with Gasteiger partial charge in [-0.05, 0) is 19.8 Å². The number of aromatic nitrogens is 2. The third kappa shape index (κ3) is 2.69. The van der Waals surface area contributed by atoms with Gasteiger partial charge in [-0.25, -0.2) is 4.98 Å². The Balaban J connectivity index is 2.21. The fraction of sp³-hybridized carbons (Fsp3) is 0.667. The van der Waals surface area contributed by atoms with E-state index in [9.17, 15) is 0 Å². The molecule has 1 aliphatic carbocycles. The van der Waals surface area contributed by atoms with Crippen molar-refractivity contribution in [3.63, 3.8) is 0 Å². The monoisotopic (exact) mass is 245 g/mol. The molecular formula is C15H23N3. The topological polar surface area (TPSA) is 43.8 Å². The van der Waals surface area contributed by atoms with Crippen molar-refractivity contribution in [1.29, 1.82) is 0 Å². The summed E-state index contributed by atoms with van der Waals surface area (Å²) in [7, 11) is 0. The van der Waals surface area contributed by atoms with Crippen molar-refractivity contribution in [2.24, 2.45) is 0 Å². The molecule has 1 aromatic rings. The number of nitrogens with two attached hydrogens (primary N) is 1. The molecule has 0 aliphatic heterocycles. The maximum absolute atomic E-state index is 6.22. The lowest BCUT2D eigenvalue weighted by Gasteiger charge is -2.18. The summed E-state index contributed by atoms with van der Waals surface area (Å²) in [6.45, 7) is 2.51. The van der Waals surface area contributed by atoms with Crippen molar-refractivity contribution in [3.05, 3.63) is 11.5 Å². The molecule has 0 atom stereocenters. The van der Waals surface area contributed by atoms with E-state index in [0.717, 1.165) is 17.3 Å². The largest absolute Gasteiger partial charge is 0.384 e. The van der Waals surface area contributed by atoms with Gasteiger partial charge in [0.25, 0.3) is 0 Å². The Hall–Kier alpha value is -1.43. The average molecular weight is 245 g/mol. The molecule has 1 aliphatic rings. The minimum absolute atomic E-state index is 0.525. The van der Waals surface area contributed by atoms with Gasteiger partial charge in [-0.15, -0.1) is 6.42 Å². The first-order valence-electron chi connectivity index (χ1n) is 7.00. The minimum Gasteiger partial charge on any atom is -0.384 e. The van der Waals surface area contributed by atoms with Crippen LogP contribution in [0.4, 0.5) is 5.82 Å². The third-order valence-electron chi connectivity index (χ3n) is 3.97. The fourth-order valence-corrected chi connectivity index (χ4v) is 2.93. The number of nitrogen functional groups attached to an aromatic ring is 1. The van der Waals surface area contributed by atoms with Gasteiger partial charge >= 0.3 is 0 Å². The van der Waals surface area contributed by atoms with E-state index in [-0.39, 0.29) is 0 Å². The summed E-state index contributed by atoms with van der Waals surface area (Å²) in [5, 5.41) is 0. The van der Waals surface area contributed by atoms with E-state index >= 15 is 0 Å². The maximum Gasteiger partial charge on any atom is 0.127 e. The van der Waals surface area contributed by atoms with E-state index in [1.165, 1.54) is 44.9 Å². The first-order chi connectivity index (χ1) is 8.74. The molecule has 1 aromatic heterocycles. The third-order valence-corrected chi connectivity index (χ3v) is 3.97. The Kier molecular flexibility index (Phi) is 4.30. The molecule has 0 amide bonds. The number of nitrogens with zero attached hydrogens (tertiary/aromatic N) is 2. The van der Waals surface area contributed by atoms with E-state index in [1.54, 1.807) is 0 Å². The molecule has 0 radical (unpaired) electrons. The lowest BCUT2D eigenvalue weighted by Crippen LogP contribution is -2.08. The Labute approximate surface area is 110 Å². The molecule has 2 N–H and O–H groups in total. The van der Waals surface area contributed by atoms with E-state index in [2.05, 4.69) is 10.9 Å². The summed E-state index contributed by atoms with van der Waals surface area (Å²) in [6.07, 6.45) is 14.5. The zero-order valence-corrected chi connectivity index (χ0v) is 11.3. The van der Waals surface area contributed by atoms with Gasteiger partial charge < -0.3 is 10.3 Å². The first-order valence-corrected chi connectivity index (χ1v) is 7.00. The Morgan fingerprint density at radius 3 is 2.50 bits per heavy atom. The lowest BCUT2D eigenvalue weighted by molar-refractivity contribution is 0.451. The number of hydrogen-bond acceptors (Lipinski definition) is 2. The van der Waals surface area contributed by atoms with E-state index in [4.69, 9.17) is 12.2 Å². The number of imidazole rings is 1. The smallest absolute Gasteiger partial charge is 0.127 e. The Bertz CT molecular complexity index is 431. The molecule has 0 aromatic carbocycles. The van der Waals surface area contributed by atoms with Crippen molar-refractivity contribution in [2.45, 2.75) is 64.3 Å². The zero-order valence-electron chi connectivity index (χ0n) is 11.3. The molecule has 0 bridgehead atoms. The summed E-state index contributed by atoms with van der Waals surface area (Å²) in [6, 6.07) is 0. The van der Waals surface area contributed by atoms with Crippen LogP contribution in [0.1, 0.15) is 62.4 Å². The summed E-state index contributed by atoms with van der Waals surface area (Å²) in [5.74, 6) is 4.91. The first kappa shape index (κ1) is 13.0. The predicted octanol–water partition coefficient (Wildman–Crippen LogP) is 3.23. The quantitative estimate of drug-likeness (QED) is 0.813. The van der Waals surface area contributed by atoms with Crippen molar-refractivity contribution < 1.29 is 0 Å². The van der Waals surface area contributed by atoms with Crippen molar-refractivity contribution in [3.8, 4) is 12.3 Å². The van der Waals surface area contributed by atoms with Crippen LogP contribution in [-0.2, 0) is 6.54 Å². The number of hydrogen-bond donors (Lipinski definition) is 1. The van der Waals surface area contributed by atoms with Gasteiger partial charge in [-0.2, -0.15) is 0 Å². The van der Waals surface area contributed by atoms with Crippen LogP contribution in [0, 0.1) is 19.3 Å². The number of rotatable bonds is 2. The molecule has 3 nitrogen and oxygen atoms in total. The SMILES string of the molecule is C#CCn1c(C)nc(C2CCCCCCC2)c1N. The van der Waals surface area contributed by atoms with Crippen LogP contribution in [0.3, 0.4) is 0 Å². The standard InChI is InChI=1S/C15H23N3/c1-3-11-18-12(2)17-14(15(18)16)13-9-7-5-4-6-8-10-13/h1,13H,4-11,16H2,2H3. The highest BCUT2D eigenvalue weighted by molar-refractivity contribution is 5.41. The molecule has 1 fully saturated rings. The Morgan fingerprint density at radius 1 is 1.28 bits per heavy atom. The van der Waals surface area contributed by atoms with E-state index < -0.39 is 0 Å². The summed E-state index contributed by atoms with van der Waals surface area (Å²) in [5.41, 5.74) is 7.30. The van der Waals surface area contributed by atoms with Gasteiger partial charge in [0, 0.05) is 5.92 Å². The summed E-state index contributed by atoms with van der Waals surface area (Å²) < 4.78 is 1.95. The molecule has 18 heavy (non-hydrogen) atoms. The molecular weight excluding hydrogens is 222 g/mol. The zero-order chi connectivity index (χ0) is 13.0. The van der Waals surface area contributed by atoms with Crippen LogP contribution < -0.4 is 5.73 Å². The molecule has 0 spiro atoms. The highest BCUT2D eigenvalue weighted by Crippen LogP contribution is 2.33. The van der Waals surface area contributed by atoms with Crippen LogP contribution >= 0.6 is 0 Å². The van der Waals surface area contributed by atoms with Gasteiger partial charge in [0.1, 0.15) is 11.6 Å². The van der Waals surface area contributed by atoms with Crippen molar-refractivity contribution >= 4 is 5.82 Å². The number of anilines is 1. The predicted molar refractivity (Wildman–Crippen MR) is 75.3 cm³/mol. The maximum atomic E-state index is 6.22. The normalized spacial score (nSPS) is 18.0. The average Bonchev–Trinajstić information content (AvgIpc) is 2.57. The van der Waals surface area contributed by atoms with Crippen molar-refractivity contribution in [1.82, 2.24) is 9.55 Å². The van der Waals surface area contributed by atoms with Crippen LogP contribution in [0.5, 0.6) is 0 Å². The van der Waals surface area contributed by atoms with Crippen LogP contribution in [-0.4, -0.2) is 9.55 Å². The second-order valence-corrected chi connectivity index (χ2v) is 5.26. The lowest BCUT2D eigenvalue weighted by atomic mass is 9.89. The van der Waals surface area contributed by atoms with Crippen LogP contribution in [0.15, 0.2) is 0 Å². The van der Waals surface area contributed by atoms with Crippen LogP contribution in [0.25, 0.3) is 0 Å². The number of aryl methyl sites for hydroxylation is 1. The number of terminal acetylenes is 1. The second-order valence-electron chi connectivity index (χ2n) is 5.26. The summed E-state index contributed by atoms with van der Waals surface area (Å²) in [4.78, 5) is 4.67. The van der Waals surface area contributed by atoms with Gasteiger partial charge in [0.2, 0.25) is 0 Å². The fourth-order valence-electron chi connectivity index (χ4n) is 2.93. The minimum atomic E-state index is 0.525. The highest BCUT2D eigenvalue weighted by atomic mass is 15.1. The molecule has 3 heteroatoms.